The molecule has 13 heteroatoms. The zero-order valence-electron chi connectivity index (χ0n) is 35.5. The van der Waals surface area contributed by atoms with Gasteiger partial charge in [-0.1, -0.05) is 111 Å². The summed E-state index contributed by atoms with van der Waals surface area (Å²) in [5.41, 5.74) is 20.3. The van der Waals surface area contributed by atoms with Gasteiger partial charge in [-0.05, 0) is 79.6 Å². The van der Waals surface area contributed by atoms with Crippen LogP contribution in [-0.2, 0) is 40.2 Å². The number of aryl methyl sites for hydroxylation is 1. The van der Waals surface area contributed by atoms with Crippen molar-refractivity contribution in [1.29, 1.82) is 0 Å². The van der Waals surface area contributed by atoms with Crippen molar-refractivity contribution in [3.05, 3.63) is 175 Å². The molecule has 0 aliphatic carbocycles. The molecule has 0 aliphatic rings. The summed E-state index contributed by atoms with van der Waals surface area (Å²) >= 11 is 0. The van der Waals surface area contributed by atoms with Gasteiger partial charge >= 0.3 is 0 Å². The van der Waals surface area contributed by atoms with Crippen LogP contribution in [-0.4, -0.2) is 63.5 Å². The minimum Gasteiger partial charge on any atom is -0.508 e. The van der Waals surface area contributed by atoms with Crippen LogP contribution in [0.25, 0.3) is 10.9 Å². The normalized spacial score (nSPS) is 12.9. The molecule has 0 saturated heterocycles. The number of benzene rings is 4. The number of hydrazine groups is 1. The van der Waals surface area contributed by atoms with Crippen LogP contribution in [0.5, 0.6) is 5.75 Å². The number of phenolic OH excluding ortho intramolecular Hbond substituents is 1. The van der Waals surface area contributed by atoms with E-state index in [0.717, 1.165) is 46.0 Å². The van der Waals surface area contributed by atoms with Gasteiger partial charge in [0.1, 0.15) is 23.7 Å². The van der Waals surface area contributed by atoms with Gasteiger partial charge in [-0.2, -0.15) is 0 Å². The first kappa shape index (κ1) is 46.1. The van der Waals surface area contributed by atoms with E-state index in [0.29, 0.717) is 43.6 Å². The van der Waals surface area contributed by atoms with Gasteiger partial charge in [0.2, 0.25) is 11.8 Å². The van der Waals surface area contributed by atoms with Crippen LogP contribution in [0.3, 0.4) is 0 Å². The number of amides is 3. The second-order valence-corrected chi connectivity index (χ2v) is 15.5. The molecule has 5 rings (SSSR count). The summed E-state index contributed by atoms with van der Waals surface area (Å²) in [5.74, 6) is -0.573. The van der Waals surface area contributed by atoms with Crippen LogP contribution >= 0.6 is 0 Å². The van der Waals surface area contributed by atoms with Gasteiger partial charge in [0, 0.05) is 47.8 Å². The third-order valence-corrected chi connectivity index (χ3v) is 10.6. The Labute approximate surface area is 364 Å². The van der Waals surface area contributed by atoms with Gasteiger partial charge in [-0.3, -0.25) is 24.8 Å². The Balaban J connectivity index is 1.33. The number of para-hydroxylation sites is 1. The van der Waals surface area contributed by atoms with Crippen molar-refractivity contribution in [1.82, 2.24) is 36.7 Å². The standard InChI is InChI=1S/C49H61N9O4/c1-33(51)43(20-13-14-28-50)56-49(62)46(29-38-17-9-6-10-18-38)54-36(4)58(32-39-22-25-41(59)26-23-39)57-48(61)35(3)53-34(2)45(30-40-31-52-44-21-12-11-19-42(40)44)55-47(60)27-24-37-15-7-5-8-16-37/h5-12,15-19,21-23,25-26,31,35,43,45-46,52-54,59H,1-2,4,13-14,20,24,27-30,32,50-51H2,3H3,(H,55,60)(H,56,62)(H,57,61)/t35-,43-,45+,46+/m0/s1. The number of hydrogen-bond donors (Lipinski definition) is 9. The van der Waals surface area contributed by atoms with Crippen LogP contribution in [0, 0.1) is 0 Å². The van der Waals surface area contributed by atoms with Crippen LogP contribution < -0.4 is 38.2 Å². The van der Waals surface area contributed by atoms with Crippen molar-refractivity contribution in [3.8, 4) is 5.75 Å². The van der Waals surface area contributed by atoms with E-state index in [1.807, 2.05) is 91.1 Å². The maximum atomic E-state index is 14.1. The molecule has 1 heterocycles. The van der Waals surface area contributed by atoms with E-state index in [1.165, 1.54) is 5.01 Å². The smallest absolute Gasteiger partial charge is 0.260 e. The van der Waals surface area contributed by atoms with E-state index in [4.69, 9.17) is 11.5 Å². The molecule has 1 aromatic heterocycles. The number of aromatic hydroxyl groups is 1. The summed E-state index contributed by atoms with van der Waals surface area (Å²) in [4.78, 5) is 44.9. The number of aromatic amines is 1. The highest BCUT2D eigenvalue weighted by Crippen LogP contribution is 2.21. The molecule has 62 heavy (non-hydrogen) atoms. The highest BCUT2D eigenvalue weighted by Gasteiger charge is 2.27. The quantitative estimate of drug-likeness (QED) is 0.0276. The molecular formula is C49H61N9O4. The highest BCUT2D eigenvalue weighted by atomic mass is 16.3. The van der Waals surface area contributed by atoms with Gasteiger partial charge in [0.05, 0.1) is 18.6 Å². The molecule has 0 unspecified atom stereocenters. The summed E-state index contributed by atoms with van der Waals surface area (Å²) in [6.07, 6.45) is 5.62. The number of nitrogens with zero attached hydrogens (tertiary/aromatic N) is 1. The van der Waals surface area contributed by atoms with Crippen molar-refractivity contribution < 1.29 is 19.5 Å². The minimum atomic E-state index is -0.836. The number of aromatic nitrogens is 1. The lowest BCUT2D eigenvalue weighted by atomic mass is 10.0. The summed E-state index contributed by atoms with van der Waals surface area (Å²) in [6, 6.07) is 31.2. The SMILES string of the molecule is C=C(N)[C@H](CCCCN)NC(=O)[C@@H](Cc1ccccc1)NC(=C)N(Cc1ccc(O)cc1)NC(=O)[C@H](C)NC(=C)[C@@H](Cc1c[nH]c2ccccc12)NC(=O)CCc1ccccc1. The molecule has 0 aliphatic heterocycles. The van der Waals surface area contributed by atoms with Crippen molar-refractivity contribution in [2.75, 3.05) is 6.54 Å². The van der Waals surface area contributed by atoms with Gasteiger partial charge in [0.25, 0.3) is 5.91 Å². The molecular weight excluding hydrogens is 779 g/mol. The molecule has 3 amide bonds. The lowest BCUT2D eigenvalue weighted by Gasteiger charge is -2.33. The highest BCUT2D eigenvalue weighted by molar-refractivity contribution is 5.84. The fourth-order valence-corrected chi connectivity index (χ4v) is 7.06. The number of unbranched alkanes of at least 4 members (excludes halogenated alkanes) is 1. The minimum absolute atomic E-state index is 0.0917. The second kappa shape index (κ2) is 23.1. The second-order valence-electron chi connectivity index (χ2n) is 15.5. The van der Waals surface area contributed by atoms with Gasteiger partial charge in [-0.15, -0.1) is 0 Å². The van der Waals surface area contributed by atoms with Crippen LogP contribution in [0.1, 0.15) is 54.9 Å². The molecule has 11 N–H and O–H groups in total. The lowest BCUT2D eigenvalue weighted by Crippen LogP contribution is -2.55. The Morgan fingerprint density at radius 2 is 1.39 bits per heavy atom. The molecule has 0 spiro atoms. The number of nitrogens with one attached hydrogen (secondary N) is 6. The summed E-state index contributed by atoms with van der Waals surface area (Å²) in [7, 11) is 0. The number of fused-ring (bicyclic) bond motifs is 1. The summed E-state index contributed by atoms with van der Waals surface area (Å²) < 4.78 is 0. The Kier molecular flexibility index (Phi) is 17.2. The first-order valence-corrected chi connectivity index (χ1v) is 21.0. The zero-order valence-corrected chi connectivity index (χ0v) is 35.5. The summed E-state index contributed by atoms with van der Waals surface area (Å²) in [6.45, 7) is 14.8. The fraction of sp³-hybridized carbons (Fsp3) is 0.286. The Hall–Kier alpha value is -6.99. The monoisotopic (exact) mass is 839 g/mol. The van der Waals surface area contributed by atoms with Crippen LogP contribution in [0.15, 0.2) is 152 Å². The molecule has 5 aromatic rings. The third-order valence-electron chi connectivity index (χ3n) is 10.6. The molecule has 4 atom stereocenters. The number of hydrogen-bond acceptors (Lipinski definition) is 9. The predicted octanol–water partition coefficient (Wildman–Crippen LogP) is 5.32. The van der Waals surface area contributed by atoms with E-state index in [-0.39, 0.29) is 36.4 Å². The predicted molar refractivity (Wildman–Crippen MR) is 247 cm³/mol. The van der Waals surface area contributed by atoms with Gasteiger partial charge in [-0.25, -0.2) is 0 Å². The molecule has 0 saturated carbocycles. The van der Waals surface area contributed by atoms with E-state index in [9.17, 15) is 19.5 Å². The summed E-state index contributed by atoms with van der Waals surface area (Å²) in [5, 5.41) is 25.3. The molecule has 13 nitrogen and oxygen atoms in total. The average Bonchev–Trinajstić information content (AvgIpc) is 3.68. The number of rotatable bonds is 25. The van der Waals surface area contributed by atoms with Crippen LogP contribution in [0.4, 0.5) is 0 Å². The Bertz CT molecular complexity index is 2260. The van der Waals surface area contributed by atoms with Gasteiger partial charge < -0.3 is 42.8 Å². The number of nitrogens with two attached hydrogens (primary N) is 2. The topological polar surface area (TPSA) is 203 Å². The molecule has 0 fully saturated rings. The average molecular weight is 840 g/mol. The Morgan fingerprint density at radius 3 is 2.06 bits per heavy atom. The van der Waals surface area contributed by atoms with Crippen molar-refractivity contribution >= 4 is 28.6 Å². The first-order valence-electron chi connectivity index (χ1n) is 21.0. The van der Waals surface area contributed by atoms with E-state index < -0.39 is 30.1 Å². The molecule has 0 radical (unpaired) electrons. The van der Waals surface area contributed by atoms with E-state index in [1.54, 1.807) is 31.2 Å². The van der Waals surface area contributed by atoms with Crippen molar-refractivity contribution in [2.24, 2.45) is 11.5 Å². The van der Waals surface area contributed by atoms with Gasteiger partial charge in [0.15, 0.2) is 0 Å². The maximum Gasteiger partial charge on any atom is 0.260 e. The van der Waals surface area contributed by atoms with E-state index in [2.05, 4.69) is 51.4 Å². The zero-order chi connectivity index (χ0) is 44.4. The van der Waals surface area contributed by atoms with Crippen LogP contribution in [0.2, 0.25) is 0 Å². The molecule has 4 aromatic carbocycles. The number of carbonyl (C=O) groups is 3. The number of H-pyrrole nitrogens is 1. The maximum absolute atomic E-state index is 14.1. The number of carbonyl (C=O) groups excluding carboxylic acids is 3. The fourth-order valence-electron chi connectivity index (χ4n) is 7.06. The van der Waals surface area contributed by atoms with E-state index >= 15 is 0 Å². The van der Waals surface area contributed by atoms with Crippen molar-refractivity contribution in [2.45, 2.75) is 82.6 Å². The lowest BCUT2D eigenvalue weighted by molar-refractivity contribution is -0.127. The largest absolute Gasteiger partial charge is 0.508 e. The van der Waals surface area contributed by atoms with Crippen molar-refractivity contribution in [3.63, 3.8) is 0 Å². The molecule has 326 valence electrons. The third kappa shape index (κ3) is 14.1. The Morgan fingerprint density at radius 1 is 0.726 bits per heavy atom. The first-order chi connectivity index (χ1) is 29.9. The molecule has 0 bridgehead atoms. The number of phenols is 1.